The Kier molecular flexibility index (Phi) is 3.51. The van der Waals surface area contributed by atoms with Gasteiger partial charge < -0.3 is 0 Å². The van der Waals surface area contributed by atoms with E-state index in [9.17, 15) is 0 Å². The molecular weight excluding hydrogens is 248 g/mol. The summed E-state index contributed by atoms with van der Waals surface area (Å²) in [6.07, 6.45) is 0. The third-order valence-electron chi connectivity index (χ3n) is 1.94. The molecule has 3 N–H and O–H groups in total. The van der Waals surface area contributed by atoms with Crippen molar-refractivity contribution in [1.82, 2.24) is 5.43 Å². The minimum absolute atomic E-state index is 0.127. The summed E-state index contributed by atoms with van der Waals surface area (Å²) < 4.78 is 1.13. The fraction of sp³-hybridized carbons (Fsp3) is 0.556. The first-order valence-corrected chi connectivity index (χ1v) is 5.83. The predicted octanol–water partition coefficient (Wildman–Crippen LogP) is 3.06. The van der Waals surface area contributed by atoms with Crippen LogP contribution in [0.15, 0.2) is 15.9 Å². The molecule has 1 aromatic rings. The van der Waals surface area contributed by atoms with Crippen LogP contribution in [0.2, 0.25) is 0 Å². The minimum Gasteiger partial charge on any atom is -0.271 e. The average molecular weight is 263 g/mol. The molecule has 0 amide bonds. The van der Waals surface area contributed by atoms with E-state index in [4.69, 9.17) is 5.84 Å². The van der Waals surface area contributed by atoms with Crippen LogP contribution in [0.1, 0.15) is 31.7 Å². The molecule has 4 heteroatoms. The molecule has 0 spiro atoms. The summed E-state index contributed by atoms with van der Waals surface area (Å²) >= 11 is 5.23. The molecule has 0 bridgehead atoms. The van der Waals surface area contributed by atoms with Crippen LogP contribution in [0.3, 0.4) is 0 Å². The fourth-order valence-corrected chi connectivity index (χ4v) is 3.14. The van der Waals surface area contributed by atoms with Crippen LogP contribution in [-0.2, 0) is 0 Å². The van der Waals surface area contributed by atoms with Gasteiger partial charge in [0.15, 0.2) is 0 Å². The van der Waals surface area contributed by atoms with E-state index in [2.05, 4.69) is 53.6 Å². The van der Waals surface area contributed by atoms with Crippen molar-refractivity contribution >= 4 is 27.3 Å². The highest BCUT2D eigenvalue weighted by molar-refractivity contribution is 9.10. The summed E-state index contributed by atoms with van der Waals surface area (Å²) in [6, 6.07) is 2.25. The molecule has 0 aromatic carbocycles. The maximum Gasteiger partial charge on any atom is 0.0612 e. The second-order valence-corrected chi connectivity index (χ2v) is 5.90. The first kappa shape index (κ1) is 11.2. The first-order valence-electron chi connectivity index (χ1n) is 4.16. The normalized spacial score (nSPS) is 14.5. The standard InChI is InChI=1S/C9H15BrN2S/c1-9(2,3)8(12-11)7-6(10)4-5-13-7/h4-5,8,12H,11H2,1-3H3. The summed E-state index contributed by atoms with van der Waals surface area (Å²) in [7, 11) is 0. The van der Waals surface area contributed by atoms with Crippen molar-refractivity contribution in [2.45, 2.75) is 26.8 Å². The number of nitrogens with two attached hydrogens (primary N) is 1. The Morgan fingerprint density at radius 3 is 2.46 bits per heavy atom. The van der Waals surface area contributed by atoms with E-state index in [1.54, 1.807) is 11.3 Å². The minimum atomic E-state index is 0.127. The van der Waals surface area contributed by atoms with Gasteiger partial charge in [0, 0.05) is 9.35 Å². The number of hydrogen-bond acceptors (Lipinski definition) is 3. The van der Waals surface area contributed by atoms with Gasteiger partial charge in [0.25, 0.3) is 0 Å². The molecule has 0 saturated heterocycles. The summed E-state index contributed by atoms with van der Waals surface area (Å²) in [5, 5.41) is 2.06. The highest BCUT2D eigenvalue weighted by Gasteiger charge is 2.27. The van der Waals surface area contributed by atoms with Crippen LogP contribution in [0.4, 0.5) is 0 Å². The van der Waals surface area contributed by atoms with Gasteiger partial charge in [-0.3, -0.25) is 11.3 Å². The molecule has 0 saturated carbocycles. The van der Waals surface area contributed by atoms with E-state index in [1.807, 2.05) is 0 Å². The predicted molar refractivity (Wildman–Crippen MR) is 61.5 cm³/mol. The van der Waals surface area contributed by atoms with Crippen molar-refractivity contribution in [1.29, 1.82) is 0 Å². The molecule has 74 valence electrons. The molecule has 2 nitrogen and oxygen atoms in total. The van der Waals surface area contributed by atoms with Gasteiger partial charge in [-0.25, -0.2) is 0 Å². The fourth-order valence-electron chi connectivity index (χ4n) is 1.23. The van der Waals surface area contributed by atoms with Gasteiger partial charge in [-0.15, -0.1) is 11.3 Å². The van der Waals surface area contributed by atoms with E-state index in [0.717, 1.165) is 4.47 Å². The Bertz CT molecular complexity index is 277. The lowest BCUT2D eigenvalue weighted by molar-refractivity contribution is 0.279. The smallest absolute Gasteiger partial charge is 0.0612 e. The SMILES string of the molecule is CC(C)(C)C(NN)c1sccc1Br. The topological polar surface area (TPSA) is 38.0 Å². The quantitative estimate of drug-likeness (QED) is 0.635. The molecule has 0 aliphatic rings. The van der Waals surface area contributed by atoms with Gasteiger partial charge in [0.05, 0.1) is 6.04 Å². The van der Waals surface area contributed by atoms with Crippen molar-refractivity contribution in [3.05, 3.63) is 20.8 Å². The molecule has 0 aliphatic heterocycles. The summed E-state index contributed by atoms with van der Waals surface area (Å²) in [5.41, 5.74) is 2.99. The Hall–Kier alpha value is 0.100. The lowest BCUT2D eigenvalue weighted by Crippen LogP contribution is -2.36. The lowest BCUT2D eigenvalue weighted by atomic mass is 9.86. The highest BCUT2D eigenvalue weighted by Crippen LogP contribution is 2.38. The zero-order valence-electron chi connectivity index (χ0n) is 8.10. The lowest BCUT2D eigenvalue weighted by Gasteiger charge is -2.29. The Morgan fingerprint density at radius 1 is 1.54 bits per heavy atom. The van der Waals surface area contributed by atoms with Crippen molar-refractivity contribution in [3.63, 3.8) is 0 Å². The second kappa shape index (κ2) is 4.09. The van der Waals surface area contributed by atoms with Gasteiger partial charge in [-0.05, 0) is 32.8 Å². The van der Waals surface area contributed by atoms with E-state index in [-0.39, 0.29) is 11.5 Å². The van der Waals surface area contributed by atoms with E-state index >= 15 is 0 Å². The largest absolute Gasteiger partial charge is 0.271 e. The van der Waals surface area contributed by atoms with Gasteiger partial charge >= 0.3 is 0 Å². The van der Waals surface area contributed by atoms with Crippen molar-refractivity contribution in [3.8, 4) is 0 Å². The van der Waals surface area contributed by atoms with Gasteiger partial charge in [0.1, 0.15) is 0 Å². The van der Waals surface area contributed by atoms with E-state index in [1.165, 1.54) is 4.88 Å². The Morgan fingerprint density at radius 2 is 2.15 bits per heavy atom. The molecular formula is C9H15BrN2S. The van der Waals surface area contributed by atoms with Crippen molar-refractivity contribution in [2.75, 3.05) is 0 Å². The van der Waals surface area contributed by atoms with Crippen LogP contribution in [0.25, 0.3) is 0 Å². The Balaban J connectivity index is 2.98. The van der Waals surface area contributed by atoms with Crippen LogP contribution < -0.4 is 11.3 Å². The maximum absolute atomic E-state index is 5.55. The highest BCUT2D eigenvalue weighted by atomic mass is 79.9. The average Bonchev–Trinajstić information content (AvgIpc) is 2.35. The summed E-state index contributed by atoms with van der Waals surface area (Å²) in [6.45, 7) is 6.51. The van der Waals surface area contributed by atoms with Crippen LogP contribution in [0.5, 0.6) is 0 Å². The van der Waals surface area contributed by atoms with Crippen LogP contribution in [-0.4, -0.2) is 0 Å². The monoisotopic (exact) mass is 262 g/mol. The van der Waals surface area contributed by atoms with Crippen LogP contribution in [0, 0.1) is 5.41 Å². The molecule has 1 unspecified atom stereocenters. The van der Waals surface area contributed by atoms with Gasteiger partial charge in [-0.2, -0.15) is 0 Å². The molecule has 0 radical (unpaired) electrons. The number of hydrazine groups is 1. The molecule has 0 aliphatic carbocycles. The van der Waals surface area contributed by atoms with Crippen molar-refractivity contribution < 1.29 is 0 Å². The molecule has 1 heterocycles. The number of nitrogens with one attached hydrogen (secondary N) is 1. The zero-order chi connectivity index (χ0) is 10.1. The molecule has 1 aromatic heterocycles. The second-order valence-electron chi connectivity index (χ2n) is 4.10. The first-order chi connectivity index (χ1) is 5.96. The third kappa shape index (κ3) is 2.53. The number of hydrogen-bond donors (Lipinski definition) is 2. The molecule has 0 fully saturated rings. The van der Waals surface area contributed by atoms with E-state index < -0.39 is 0 Å². The summed E-state index contributed by atoms with van der Waals surface area (Å²) in [5.74, 6) is 5.55. The molecule has 1 atom stereocenters. The van der Waals surface area contributed by atoms with Crippen LogP contribution >= 0.6 is 27.3 Å². The maximum atomic E-state index is 5.55. The zero-order valence-corrected chi connectivity index (χ0v) is 10.5. The number of thiophene rings is 1. The number of rotatable bonds is 2. The van der Waals surface area contributed by atoms with Gasteiger partial charge in [0.2, 0.25) is 0 Å². The van der Waals surface area contributed by atoms with Crippen molar-refractivity contribution in [2.24, 2.45) is 11.3 Å². The third-order valence-corrected chi connectivity index (χ3v) is 3.88. The summed E-state index contributed by atoms with van der Waals surface area (Å²) in [4.78, 5) is 1.26. The number of halogens is 1. The Labute approximate surface area is 91.6 Å². The van der Waals surface area contributed by atoms with Gasteiger partial charge in [-0.1, -0.05) is 20.8 Å². The molecule has 1 rings (SSSR count). The molecule has 13 heavy (non-hydrogen) atoms. The van der Waals surface area contributed by atoms with E-state index in [0.29, 0.717) is 0 Å².